The Labute approximate surface area is 264 Å². The lowest BCUT2D eigenvalue weighted by Crippen LogP contribution is -2.45. The number of nitrogen functional groups attached to an aromatic ring is 1. The van der Waals surface area contributed by atoms with Crippen molar-refractivity contribution in [3.05, 3.63) is 40.4 Å². The van der Waals surface area contributed by atoms with E-state index < -0.39 is 56.3 Å². The number of ether oxygens (including phenoxy) is 2. The molecule has 0 saturated carbocycles. The number of methoxy groups -OCH3 is 1. The van der Waals surface area contributed by atoms with Crippen LogP contribution in [-0.4, -0.2) is 83.4 Å². The highest BCUT2D eigenvalue weighted by Crippen LogP contribution is 2.49. The smallest absolute Gasteiger partial charge is 0.459 e. The van der Waals surface area contributed by atoms with Gasteiger partial charge in [0.25, 0.3) is 0 Å². The monoisotopic (exact) mass is 743 g/mol. The van der Waals surface area contributed by atoms with Crippen molar-refractivity contribution in [3.8, 4) is 11.6 Å². The number of imidazole rings is 1. The largest absolute Gasteiger partial charge is 0.480 e. The Morgan fingerprint density at radius 2 is 2.02 bits per heavy atom. The van der Waals surface area contributed by atoms with E-state index in [1.165, 1.54) is 18.6 Å². The quantitative estimate of drug-likeness (QED) is 0.0845. The number of nitrogens with one attached hydrogen (secondary N) is 1. The van der Waals surface area contributed by atoms with E-state index in [9.17, 15) is 24.7 Å². The lowest BCUT2D eigenvalue weighted by molar-refractivity contribution is -0.140. The maximum Gasteiger partial charge on any atom is 0.459 e. The lowest BCUT2D eigenvalue weighted by atomic mass is 9.96. The topological polar surface area (TPSA) is 226 Å². The van der Waals surface area contributed by atoms with Crippen LogP contribution < -0.4 is 20.1 Å². The summed E-state index contributed by atoms with van der Waals surface area (Å²) in [4.78, 5) is 29.0. The van der Waals surface area contributed by atoms with E-state index in [-0.39, 0.29) is 28.7 Å². The SMILES string of the molecule is COc1nc(N)nc2c1nc(I)n2C1O[C@H](COP(=O)(NC(C(=O)O)C(C)C)Oc2cccc3ncccc23)[C@@H](O)[C@@]1(C)O. The molecule has 3 unspecified atom stereocenters. The van der Waals surface area contributed by atoms with Gasteiger partial charge in [-0.05, 0) is 37.1 Å². The van der Waals surface area contributed by atoms with Crippen molar-refractivity contribution in [2.75, 3.05) is 19.5 Å². The molecular weight excluding hydrogens is 712 g/mol. The van der Waals surface area contributed by atoms with Gasteiger partial charge < -0.3 is 35.1 Å². The van der Waals surface area contributed by atoms with Crippen LogP contribution in [0.3, 0.4) is 0 Å². The molecule has 1 aliphatic heterocycles. The van der Waals surface area contributed by atoms with Crippen LogP contribution in [0.5, 0.6) is 11.6 Å². The van der Waals surface area contributed by atoms with Gasteiger partial charge in [0, 0.05) is 34.2 Å². The van der Waals surface area contributed by atoms with E-state index in [1.807, 2.05) is 22.6 Å². The molecule has 0 spiro atoms. The molecule has 6 N–H and O–H groups in total. The van der Waals surface area contributed by atoms with Crippen molar-refractivity contribution >= 4 is 64.3 Å². The number of aliphatic hydroxyl groups excluding tert-OH is 1. The molecule has 44 heavy (non-hydrogen) atoms. The van der Waals surface area contributed by atoms with Crippen LogP contribution in [0.4, 0.5) is 5.95 Å². The van der Waals surface area contributed by atoms with Crippen LogP contribution in [-0.2, 0) is 18.6 Å². The zero-order chi connectivity index (χ0) is 32.0. The van der Waals surface area contributed by atoms with Crippen LogP contribution in [0.15, 0.2) is 36.5 Å². The molecule has 0 amide bonds. The molecule has 18 heteroatoms. The number of carbonyl (C=O) groups is 1. The van der Waals surface area contributed by atoms with Gasteiger partial charge in [0.05, 0.1) is 19.2 Å². The first-order valence-corrected chi connectivity index (χ1v) is 16.0. The Hall–Kier alpha value is -3.19. The van der Waals surface area contributed by atoms with Crippen molar-refractivity contribution in [1.82, 2.24) is 29.6 Å². The molecule has 5 rings (SSSR count). The fraction of sp³-hybridized carbons (Fsp3) is 0.423. The van der Waals surface area contributed by atoms with E-state index in [1.54, 1.807) is 50.4 Å². The van der Waals surface area contributed by atoms with E-state index in [4.69, 9.17) is 24.3 Å². The molecule has 1 fully saturated rings. The minimum absolute atomic E-state index is 0.105. The Morgan fingerprint density at radius 3 is 2.70 bits per heavy atom. The van der Waals surface area contributed by atoms with Crippen molar-refractivity contribution in [2.45, 2.75) is 50.8 Å². The zero-order valence-corrected chi connectivity index (χ0v) is 27.0. The fourth-order valence-electron chi connectivity index (χ4n) is 4.85. The summed E-state index contributed by atoms with van der Waals surface area (Å²) in [5.41, 5.74) is 4.90. The van der Waals surface area contributed by atoms with Crippen molar-refractivity contribution < 1.29 is 43.2 Å². The first-order chi connectivity index (χ1) is 20.8. The number of fused-ring (bicyclic) bond motifs is 2. The summed E-state index contributed by atoms with van der Waals surface area (Å²) in [7, 11) is -3.09. The van der Waals surface area contributed by atoms with Gasteiger partial charge in [0.15, 0.2) is 21.2 Å². The standard InChI is InChI=1S/C26H31IN7O9P/c1-12(2)17(22(36)37)33-44(39,43-15-9-5-8-14-13(15)7-6-10-29-14)41-11-16-19(35)26(3,38)23(42-16)34-20-18(30-24(34)27)21(40-4)32-25(28)31-20/h5-10,12,16-17,19,23,35,38H,11H2,1-4H3,(H,33,39)(H,36,37)(H2,28,31,32)/t16-,17?,19-,23?,26-,44?/m1/s1. The molecule has 1 saturated heterocycles. The number of anilines is 1. The van der Waals surface area contributed by atoms with Gasteiger partial charge in [-0.25, -0.2) is 9.55 Å². The predicted octanol–water partition coefficient (Wildman–Crippen LogP) is 2.48. The zero-order valence-electron chi connectivity index (χ0n) is 24.0. The highest BCUT2D eigenvalue weighted by atomic mass is 127. The number of benzene rings is 1. The number of aliphatic hydroxyl groups is 2. The van der Waals surface area contributed by atoms with Crippen molar-refractivity contribution in [3.63, 3.8) is 0 Å². The van der Waals surface area contributed by atoms with E-state index in [0.29, 0.717) is 14.7 Å². The molecule has 0 bridgehead atoms. The number of hydrogen-bond acceptors (Lipinski definition) is 13. The second-order valence-electron chi connectivity index (χ2n) is 10.6. The molecule has 1 aliphatic rings. The van der Waals surface area contributed by atoms with Crippen molar-refractivity contribution in [2.24, 2.45) is 5.92 Å². The summed E-state index contributed by atoms with van der Waals surface area (Å²) < 4.78 is 38.9. The molecule has 0 aliphatic carbocycles. The highest BCUT2D eigenvalue weighted by molar-refractivity contribution is 14.1. The van der Waals surface area contributed by atoms with E-state index in [2.05, 4.69) is 25.0 Å². The average Bonchev–Trinajstić information content (AvgIpc) is 3.41. The molecule has 3 aromatic heterocycles. The Balaban J connectivity index is 1.46. The predicted molar refractivity (Wildman–Crippen MR) is 165 cm³/mol. The van der Waals surface area contributed by atoms with Crippen LogP contribution in [0.25, 0.3) is 22.1 Å². The molecule has 4 heterocycles. The van der Waals surface area contributed by atoms with Gasteiger partial charge in [-0.2, -0.15) is 15.1 Å². The summed E-state index contributed by atoms with van der Waals surface area (Å²) in [6.45, 7) is 4.04. The third kappa shape index (κ3) is 6.04. The second-order valence-corrected chi connectivity index (χ2v) is 13.3. The summed E-state index contributed by atoms with van der Waals surface area (Å²) in [5, 5.41) is 35.4. The number of carboxylic acids is 1. The molecule has 1 aromatic carbocycles. The highest BCUT2D eigenvalue weighted by Gasteiger charge is 2.55. The van der Waals surface area contributed by atoms with Gasteiger partial charge in [0.2, 0.25) is 11.8 Å². The number of carboxylic acid groups (broad SMARTS) is 1. The van der Waals surface area contributed by atoms with Gasteiger partial charge in [-0.15, -0.1) is 0 Å². The third-order valence-corrected chi connectivity index (χ3v) is 9.41. The molecular formula is C26H31IN7O9P. The van der Waals surface area contributed by atoms with Crippen LogP contribution in [0.2, 0.25) is 0 Å². The molecule has 16 nitrogen and oxygen atoms in total. The first-order valence-electron chi connectivity index (χ1n) is 13.3. The summed E-state index contributed by atoms with van der Waals surface area (Å²) in [6, 6.07) is 6.97. The van der Waals surface area contributed by atoms with Gasteiger partial charge in [-0.3, -0.25) is 18.9 Å². The minimum Gasteiger partial charge on any atom is -0.480 e. The fourth-order valence-corrected chi connectivity index (χ4v) is 7.26. The number of pyridine rings is 1. The number of nitrogens with zero attached hydrogens (tertiary/aromatic N) is 5. The van der Waals surface area contributed by atoms with Crippen LogP contribution in [0.1, 0.15) is 27.0 Å². The normalized spacial score (nSPS) is 24.0. The lowest BCUT2D eigenvalue weighted by Gasteiger charge is -2.28. The Kier molecular flexibility index (Phi) is 9.01. The summed E-state index contributed by atoms with van der Waals surface area (Å²) in [6.07, 6.45) is -2.51. The molecule has 236 valence electrons. The summed E-state index contributed by atoms with van der Waals surface area (Å²) in [5.74, 6) is -1.67. The number of nitrogens with two attached hydrogens (primary N) is 1. The van der Waals surface area contributed by atoms with Crippen molar-refractivity contribution in [1.29, 1.82) is 0 Å². The van der Waals surface area contributed by atoms with Gasteiger partial charge >= 0.3 is 13.7 Å². The Morgan fingerprint density at radius 1 is 1.27 bits per heavy atom. The number of hydrogen-bond donors (Lipinski definition) is 5. The van der Waals surface area contributed by atoms with Gasteiger partial charge in [0.1, 0.15) is 29.6 Å². The van der Waals surface area contributed by atoms with E-state index >= 15 is 0 Å². The number of aromatic nitrogens is 5. The first kappa shape index (κ1) is 32.2. The maximum absolute atomic E-state index is 14.2. The third-order valence-electron chi connectivity index (χ3n) is 7.13. The molecule has 0 radical (unpaired) electrons. The number of aliphatic carboxylic acids is 1. The maximum atomic E-state index is 14.2. The van der Waals surface area contributed by atoms with Crippen LogP contribution in [0, 0.1) is 9.75 Å². The average molecular weight is 743 g/mol. The van der Waals surface area contributed by atoms with Crippen LogP contribution >= 0.6 is 30.3 Å². The van der Waals surface area contributed by atoms with E-state index in [0.717, 1.165) is 0 Å². The molecule has 4 aromatic rings. The second kappa shape index (κ2) is 12.3. The summed E-state index contributed by atoms with van der Waals surface area (Å²) >= 11 is 1.91. The number of rotatable bonds is 11. The molecule has 6 atom stereocenters. The minimum atomic E-state index is -4.48. The Bertz CT molecular complexity index is 1750. The van der Waals surface area contributed by atoms with Gasteiger partial charge in [-0.1, -0.05) is 19.9 Å². The number of halogens is 1.